The number of pyridine rings is 1. The first kappa shape index (κ1) is 14.6. The Balaban J connectivity index is 2.22. The van der Waals surface area contributed by atoms with Crippen molar-refractivity contribution in [1.29, 1.82) is 0 Å². The summed E-state index contributed by atoms with van der Waals surface area (Å²) in [5.41, 5.74) is 1.86. The van der Waals surface area contributed by atoms with Crippen molar-refractivity contribution in [2.24, 2.45) is 0 Å². The van der Waals surface area contributed by atoms with E-state index >= 15 is 0 Å². The third-order valence-corrected chi connectivity index (χ3v) is 3.76. The van der Waals surface area contributed by atoms with Crippen molar-refractivity contribution >= 4 is 31.9 Å². The highest BCUT2D eigenvalue weighted by molar-refractivity contribution is 9.10. The van der Waals surface area contributed by atoms with Gasteiger partial charge in [0.2, 0.25) is 0 Å². The highest BCUT2D eigenvalue weighted by Crippen LogP contribution is 2.23. The summed E-state index contributed by atoms with van der Waals surface area (Å²) in [6.07, 6.45) is 2.48. The molecule has 1 heterocycles. The van der Waals surface area contributed by atoms with E-state index < -0.39 is 0 Å². The number of hydrogen-bond acceptors (Lipinski definition) is 2. The van der Waals surface area contributed by atoms with Gasteiger partial charge in [0, 0.05) is 33.3 Å². The van der Waals surface area contributed by atoms with Crippen molar-refractivity contribution < 1.29 is 4.39 Å². The minimum Gasteiger partial charge on any atom is -0.313 e. The van der Waals surface area contributed by atoms with Crippen LogP contribution in [0.4, 0.5) is 4.39 Å². The van der Waals surface area contributed by atoms with E-state index in [1.54, 1.807) is 12.3 Å². The summed E-state index contributed by atoms with van der Waals surface area (Å²) < 4.78 is 15.1. The van der Waals surface area contributed by atoms with Crippen molar-refractivity contribution in [1.82, 2.24) is 10.3 Å². The van der Waals surface area contributed by atoms with Gasteiger partial charge in [-0.3, -0.25) is 4.98 Å². The van der Waals surface area contributed by atoms with Gasteiger partial charge in [-0.1, -0.05) is 15.9 Å². The van der Waals surface area contributed by atoms with E-state index in [-0.39, 0.29) is 11.9 Å². The highest BCUT2D eigenvalue weighted by atomic mass is 79.9. The van der Waals surface area contributed by atoms with Crippen LogP contribution >= 0.6 is 31.9 Å². The maximum Gasteiger partial charge on any atom is 0.124 e. The lowest BCUT2D eigenvalue weighted by atomic mass is 10.0. The van der Waals surface area contributed by atoms with Crippen LogP contribution < -0.4 is 5.32 Å². The van der Waals surface area contributed by atoms with E-state index in [0.717, 1.165) is 20.2 Å². The number of benzene rings is 1. The fraction of sp³-hybridized carbons (Fsp3) is 0.214. The van der Waals surface area contributed by atoms with Crippen LogP contribution in [-0.2, 0) is 6.42 Å². The molecular weight excluding hydrogens is 375 g/mol. The van der Waals surface area contributed by atoms with Gasteiger partial charge in [-0.05, 0) is 58.9 Å². The predicted octanol–water partition coefficient (Wildman–Crippen LogP) is 4.25. The quantitative estimate of drug-likeness (QED) is 0.848. The number of aromatic nitrogens is 1. The van der Waals surface area contributed by atoms with Crippen LogP contribution in [0, 0.1) is 5.82 Å². The number of halogens is 3. The van der Waals surface area contributed by atoms with E-state index in [1.165, 1.54) is 6.07 Å². The monoisotopic (exact) mass is 386 g/mol. The summed E-state index contributed by atoms with van der Waals surface area (Å²) in [6.45, 7) is 0. The maximum absolute atomic E-state index is 13.4. The van der Waals surface area contributed by atoms with Gasteiger partial charge in [0.25, 0.3) is 0 Å². The molecule has 5 heteroatoms. The molecule has 0 amide bonds. The fourth-order valence-electron chi connectivity index (χ4n) is 1.90. The molecule has 1 unspecified atom stereocenters. The summed E-state index contributed by atoms with van der Waals surface area (Å²) in [6, 6.07) is 8.86. The summed E-state index contributed by atoms with van der Waals surface area (Å²) in [7, 11) is 1.86. The van der Waals surface area contributed by atoms with Crippen LogP contribution in [-0.4, -0.2) is 12.0 Å². The van der Waals surface area contributed by atoms with Crippen LogP contribution in [0.25, 0.3) is 0 Å². The molecule has 2 rings (SSSR count). The molecule has 1 aromatic carbocycles. The van der Waals surface area contributed by atoms with Gasteiger partial charge >= 0.3 is 0 Å². The average molecular weight is 388 g/mol. The summed E-state index contributed by atoms with van der Waals surface area (Å²) >= 11 is 6.67. The van der Waals surface area contributed by atoms with Crippen molar-refractivity contribution in [3.63, 3.8) is 0 Å². The van der Waals surface area contributed by atoms with E-state index in [9.17, 15) is 4.39 Å². The van der Waals surface area contributed by atoms with Gasteiger partial charge in [-0.2, -0.15) is 0 Å². The first-order valence-electron chi connectivity index (χ1n) is 5.82. The van der Waals surface area contributed by atoms with Crippen LogP contribution in [0.15, 0.2) is 45.5 Å². The topological polar surface area (TPSA) is 24.9 Å². The molecule has 1 aromatic heterocycles. The Bertz CT molecular complexity index is 538. The summed E-state index contributed by atoms with van der Waals surface area (Å²) in [4.78, 5) is 4.34. The van der Waals surface area contributed by atoms with Crippen molar-refractivity contribution in [2.75, 3.05) is 7.05 Å². The summed E-state index contributed by atoms with van der Waals surface area (Å²) in [5.74, 6) is -0.242. The molecule has 0 aliphatic heterocycles. The molecule has 100 valence electrons. The number of hydrogen-bond donors (Lipinski definition) is 1. The lowest BCUT2D eigenvalue weighted by molar-refractivity contribution is 0.571. The average Bonchev–Trinajstić information content (AvgIpc) is 2.37. The van der Waals surface area contributed by atoms with Crippen LogP contribution in [0.1, 0.15) is 17.3 Å². The first-order chi connectivity index (χ1) is 9.08. The van der Waals surface area contributed by atoms with Crippen molar-refractivity contribution in [3.8, 4) is 0 Å². The zero-order chi connectivity index (χ0) is 13.8. The van der Waals surface area contributed by atoms with Crippen molar-refractivity contribution in [2.45, 2.75) is 12.5 Å². The highest BCUT2D eigenvalue weighted by Gasteiger charge is 2.12. The van der Waals surface area contributed by atoms with E-state index in [0.29, 0.717) is 6.42 Å². The molecule has 1 atom stereocenters. The van der Waals surface area contributed by atoms with E-state index in [4.69, 9.17) is 0 Å². The number of nitrogens with zero attached hydrogens (tertiary/aromatic N) is 1. The second-order valence-corrected chi connectivity index (χ2v) is 6.05. The standard InChI is InChI=1S/C14H13Br2FN2/c1-18-14(7-13-3-2-10(15)8-19-13)9-4-11(16)6-12(17)5-9/h2-6,8,14,18H,7H2,1H3. The van der Waals surface area contributed by atoms with Gasteiger partial charge in [0.05, 0.1) is 0 Å². The molecule has 0 aliphatic carbocycles. The van der Waals surface area contributed by atoms with Gasteiger partial charge in [-0.15, -0.1) is 0 Å². The molecular formula is C14H13Br2FN2. The Morgan fingerprint density at radius 3 is 2.58 bits per heavy atom. The second-order valence-electron chi connectivity index (χ2n) is 4.22. The molecule has 0 bridgehead atoms. The molecule has 0 saturated carbocycles. The lowest BCUT2D eigenvalue weighted by Gasteiger charge is -2.17. The molecule has 0 radical (unpaired) electrons. The number of nitrogens with one attached hydrogen (secondary N) is 1. The third kappa shape index (κ3) is 4.09. The molecule has 19 heavy (non-hydrogen) atoms. The molecule has 1 N–H and O–H groups in total. The van der Waals surface area contributed by atoms with Crippen molar-refractivity contribution in [3.05, 3.63) is 62.5 Å². The molecule has 0 fully saturated rings. The Morgan fingerprint density at radius 2 is 2.00 bits per heavy atom. The lowest BCUT2D eigenvalue weighted by Crippen LogP contribution is -2.19. The summed E-state index contributed by atoms with van der Waals surface area (Å²) in [5, 5.41) is 3.20. The number of rotatable bonds is 4. The maximum atomic E-state index is 13.4. The first-order valence-corrected chi connectivity index (χ1v) is 7.41. The molecule has 0 saturated heterocycles. The number of likely N-dealkylation sites (N-methyl/N-ethyl adjacent to an activating group) is 1. The van der Waals surface area contributed by atoms with Crippen LogP contribution in [0.2, 0.25) is 0 Å². The Labute approximate surface area is 128 Å². The third-order valence-electron chi connectivity index (χ3n) is 2.84. The predicted molar refractivity (Wildman–Crippen MR) is 81.5 cm³/mol. The zero-order valence-corrected chi connectivity index (χ0v) is 13.5. The van der Waals surface area contributed by atoms with Gasteiger partial charge in [0.1, 0.15) is 5.82 Å². The fourth-order valence-corrected chi connectivity index (χ4v) is 2.62. The van der Waals surface area contributed by atoms with Crippen LogP contribution in [0.5, 0.6) is 0 Å². The van der Waals surface area contributed by atoms with Gasteiger partial charge in [-0.25, -0.2) is 4.39 Å². The Hall–Kier alpha value is -0.780. The molecule has 0 aliphatic rings. The van der Waals surface area contributed by atoms with E-state index in [2.05, 4.69) is 42.2 Å². The Morgan fingerprint density at radius 1 is 1.21 bits per heavy atom. The SMILES string of the molecule is CNC(Cc1ccc(Br)cn1)c1cc(F)cc(Br)c1. The zero-order valence-electron chi connectivity index (χ0n) is 10.3. The minimum atomic E-state index is -0.242. The van der Waals surface area contributed by atoms with Gasteiger partial charge in [0.15, 0.2) is 0 Å². The molecule has 0 spiro atoms. The van der Waals surface area contributed by atoms with E-state index in [1.807, 2.05) is 25.2 Å². The van der Waals surface area contributed by atoms with Gasteiger partial charge < -0.3 is 5.32 Å². The molecule has 2 nitrogen and oxygen atoms in total. The smallest absolute Gasteiger partial charge is 0.124 e. The Kier molecular flexibility index (Phi) is 5.07. The normalized spacial score (nSPS) is 12.4. The largest absolute Gasteiger partial charge is 0.313 e. The second kappa shape index (κ2) is 6.59. The van der Waals surface area contributed by atoms with Crippen LogP contribution in [0.3, 0.4) is 0 Å². The minimum absolute atomic E-state index is 0.0284. The molecule has 2 aromatic rings.